The van der Waals surface area contributed by atoms with Crippen LogP contribution >= 0.6 is 0 Å². The number of anilines is 2. The van der Waals surface area contributed by atoms with Crippen molar-refractivity contribution in [2.75, 3.05) is 37.5 Å². The first kappa shape index (κ1) is 26.8. The van der Waals surface area contributed by atoms with E-state index in [0.717, 1.165) is 16.9 Å². The molecule has 0 fully saturated rings. The summed E-state index contributed by atoms with van der Waals surface area (Å²) in [4.78, 5) is 53.5. The number of rotatable bonds is 10. The van der Waals surface area contributed by atoms with Gasteiger partial charge in [0, 0.05) is 20.2 Å². The second-order valence-electron chi connectivity index (χ2n) is 8.94. The summed E-state index contributed by atoms with van der Waals surface area (Å²) in [7, 11) is 1.44. The fraction of sp³-hybridized carbons (Fsp3) is 0.500. The summed E-state index contributed by atoms with van der Waals surface area (Å²) in [5.74, 6) is -1.47. The smallest absolute Gasteiger partial charge is 0.338 e. The van der Waals surface area contributed by atoms with Gasteiger partial charge in [-0.2, -0.15) is 0 Å². The lowest BCUT2D eigenvalue weighted by Gasteiger charge is -2.24. The Kier molecular flexibility index (Phi) is 9.19. The summed E-state index contributed by atoms with van der Waals surface area (Å²) in [5.41, 5.74) is 5.79. The summed E-state index contributed by atoms with van der Waals surface area (Å²) in [6.07, 6.45) is 1.46. The fourth-order valence-corrected chi connectivity index (χ4v) is 3.32. The molecule has 0 saturated heterocycles. The van der Waals surface area contributed by atoms with Gasteiger partial charge in [-0.15, -0.1) is 0 Å². The van der Waals surface area contributed by atoms with Crippen LogP contribution in [0.2, 0.25) is 0 Å². The topological polar surface area (TPSA) is 137 Å². The number of carbonyl (C=O) groups excluding carboxylic acids is 2. The highest BCUT2D eigenvalue weighted by Gasteiger charge is 2.25. The number of hydrogen-bond acceptors (Lipinski definition) is 7. The van der Waals surface area contributed by atoms with E-state index in [1.54, 1.807) is 12.1 Å². The number of ether oxygens (including phenoxy) is 2. The van der Waals surface area contributed by atoms with E-state index in [4.69, 9.17) is 15.2 Å². The number of nitrogens with zero attached hydrogens (tertiary/aromatic N) is 2. The number of carbonyl (C=O) groups is 2. The third-order valence-electron chi connectivity index (χ3n) is 5.35. The fourth-order valence-electron chi connectivity index (χ4n) is 3.32. The highest BCUT2D eigenvalue weighted by Crippen LogP contribution is 2.22. The number of hydrogen-bond donors (Lipinski definition) is 2. The second-order valence-corrected chi connectivity index (χ2v) is 8.94. The molecule has 0 radical (unpaired) electrons. The van der Waals surface area contributed by atoms with Crippen LogP contribution in [0.4, 0.5) is 11.5 Å². The molecule has 10 heteroatoms. The van der Waals surface area contributed by atoms with Crippen LogP contribution in [-0.4, -0.2) is 48.3 Å². The summed E-state index contributed by atoms with van der Waals surface area (Å²) < 4.78 is 11.5. The molecule has 0 aliphatic rings. The number of aromatic amines is 1. The maximum Gasteiger partial charge on any atom is 0.338 e. The van der Waals surface area contributed by atoms with Crippen LogP contribution in [0.1, 0.15) is 56.5 Å². The van der Waals surface area contributed by atoms with Crippen molar-refractivity contribution in [3.05, 3.63) is 56.2 Å². The highest BCUT2D eigenvalue weighted by atomic mass is 16.5. The minimum Gasteiger partial charge on any atom is -0.452 e. The number of nitrogens with two attached hydrogens (primary N) is 1. The van der Waals surface area contributed by atoms with Crippen LogP contribution < -0.4 is 21.9 Å². The molecule has 2 rings (SSSR count). The van der Waals surface area contributed by atoms with Crippen LogP contribution in [0.15, 0.2) is 33.9 Å². The van der Waals surface area contributed by atoms with Gasteiger partial charge in [0.15, 0.2) is 12.3 Å². The molecule has 186 valence electrons. The van der Waals surface area contributed by atoms with Crippen LogP contribution in [-0.2, 0) is 26.2 Å². The molecule has 1 aromatic carbocycles. The molecule has 3 N–H and O–H groups in total. The van der Waals surface area contributed by atoms with Crippen LogP contribution in [0.25, 0.3) is 0 Å². The Balaban J connectivity index is 2.26. The van der Waals surface area contributed by atoms with Crippen molar-refractivity contribution in [3.8, 4) is 0 Å². The highest BCUT2D eigenvalue weighted by molar-refractivity contribution is 5.98. The lowest BCUT2D eigenvalue weighted by atomic mass is 9.87. The Hall–Kier alpha value is -3.40. The first-order chi connectivity index (χ1) is 16.0. The minimum absolute atomic E-state index is 0.0214. The van der Waals surface area contributed by atoms with Crippen LogP contribution in [0.3, 0.4) is 0 Å². The van der Waals surface area contributed by atoms with Crippen molar-refractivity contribution in [1.82, 2.24) is 9.55 Å². The molecule has 34 heavy (non-hydrogen) atoms. The SMILES string of the molecule is CCCCn1c(N)c(N(CCOC)C(=O)COC(=O)c2ccc(C(C)(C)C)cc2)c(=O)[nH]c1=O. The maximum atomic E-state index is 13.0. The number of nitrogen functional groups attached to an aromatic ring is 1. The summed E-state index contributed by atoms with van der Waals surface area (Å²) in [5, 5.41) is 0. The average molecular weight is 475 g/mol. The molecule has 2 aromatic rings. The van der Waals surface area contributed by atoms with Crippen molar-refractivity contribution in [2.45, 2.75) is 52.5 Å². The van der Waals surface area contributed by atoms with Gasteiger partial charge in [0.05, 0.1) is 12.2 Å². The van der Waals surface area contributed by atoms with Crippen LogP contribution in [0.5, 0.6) is 0 Å². The number of amides is 1. The predicted octanol–water partition coefficient (Wildman–Crippen LogP) is 2.05. The Labute approximate surface area is 198 Å². The molecule has 0 saturated carbocycles. The zero-order chi connectivity index (χ0) is 25.5. The molecule has 10 nitrogen and oxygen atoms in total. The standard InChI is InChI=1S/C24H34N4O6/c1-6-7-12-28-20(25)19(21(30)26-23(28)32)27(13-14-33-5)18(29)15-34-22(31)16-8-10-17(11-9-16)24(2,3)4/h8-11H,6-7,12-15,25H2,1-5H3,(H,26,30,32). The van der Waals surface area contributed by atoms with E-state index >= 15 is 0 Å². The van der Waals surface area contributed by atoms with Gasteiger partial charge in [-0.1, -0.05) is 46.2 Å². The number of aromatic nitrogens is 2. The van der Waals surface area contributed by atoms with Gasteiger partial charge in [-0.25, -0.2) is 9.59 Å². The molecular formula is C24H34N4O6. The van der Waals surface area contributed by atoms with Gasteiger partial charge in [-0.05, 0) is 29.5 Å². The Morgan fingerprint density at radius 1 is 1.15 bits per heavy atom. The minimum atomic E-state index is -0.802. The third-order valence-corrected chi connectivity index (χ3v) is 5.35. The van der Waals surface area contributed by atoms with Gasteiger partial charge in [0.2, 0.25) is 0 Å². The predicted molar refractivity (Wildman–Crippen MR) is 130 cm³/mol. The maximum absolute atomic E-state index is 13.0. The average Bonchev–Trinajstić information content (AvgIpc) is 2.78. The summed E-state index contributed by atoms with van der Waals surface area (Å²) >= 11 is 0. The normalized spacial score (nSPS) is 11.3. The summed E-state index contributed by atoms with van der Waals surface area (Å²) in [6, 6.07) is 6.96. The van der Waals surface area contributed by atoms with E-state index in [2.05, 4.69) is 25.8 Å². The molecule has 1 aromatic heterocycles. The van der Waals surface area contributed by atoms with E-state index < -0.39 is 29.7 Å². The molecule has 0 unspecified atom stereocenters. The van der Waals surface area contributed by atoms with Gasteiger partial charge >= 0.3 is 11.7 Å². The van der Waals surface area contributed by atoms with E-state index in [1.807, 2.05) is 19.1 Å². The quantitative estimate of drug-likeness (QED) is 0.503. The third kappa shape index (κ3) is 6.57. The van der Waals surface area contributed by atoms with E-state index in [1.165, 1.54) is 11.7 Å². The monoisotopic (exact) mass is 474 g/mol. The first-order valence-electron chi connectivity index (χ1n) is 11.2. The number of benzene rings is 1. The van der Waals surface area contributed by atoms with Gasteiger partial charge in [0.1, 0.15) is 5.82 Å². The van der Waals surface area contributed by atoms with Crippen molar-refractivity contribution >= 4 is 23.4 Å². The molecule has 0 aliphatic carbocycles. The number of methoxy groups -OCH3 is 1. The first-order valence-corrected chi connectivity index (χ1v) is 11.2. The lowest BCUT2D eigenvalue weighted by Crippen LogP contribution is -2.44. The summed E-state index contributed by atoms with van der Waals surface area (Å²) in [6.45, 7) is 7.89. The Morgan fingerprint density at radius 2 is 1.79 bits per heavy atom. The Morgan fingerprint density at radius 3 is 2.35 bits per heavy atom. The molecule has 0 atom stereocenters. The number of nitrogens with one attached hydrogen (secondary N) is 1. The molecule has 0 spiro atoms. The van der Waals surface area contributed by atoms with Crippen molar-refractivity contribution in [3.63, 3.8) is 0 Å². The van der Waals surface area contributed by atoms with E-state index in [9.17, 15) is 19.2 Å². The van der Waals surface area contributed by atoms with Gasteiger partial charge in [0.25, 0.3) is 11.5 Å². The Bertz CT molecular complexity index is 1110. The van der Waals surface area contributed by atoms with Gasteiger partial charge < -0.3 is 15.2 Å². The van der Waals surface area contributed by atoms with Crippen molar-refractivity contribution in [2.24, 2.45) is 0 Å². The molecule has 1 heterocycles. The van der Waals surface area contributed by atoms with Crippen LogP contribution in [0, 0.1) is 0 Å². The molecule has 0 bridgehead atoms. The van der Waals surface area contributed by atoms with E-state index in [-0.39, 0.29) is 36.6 Å². The number of esters is 1. The van der Waals surface area contributed by atoms with Gasteiger partial charge in [-0.3, -0.25) is 24.0 Å². The largest absolute Gasteiger partial charge is 0.452 e. The lowest BCUT2D eigenvalue weighted by molar-refractivity contribution is -0.121. The zero-order valence-corrected chi connectivity index (χ0v) is 20.5. The molecule has 1 amide bonds. The molecular weight excluding hydrogens is 440 g/mol. The second kappa shape index (κ2) is 11.6. The molecule has 0 aliphatic heterocycles. The van der Waals surface area contributed by atoms with Crippen molar-refractivity contribution in [1.29, 1.82) is 0 Å². The zero-order valence-electron chi connectivity index (χ0n) is 20.5. The number of unbranched alkanes of at least 4 members (excludes halogenated alkanes) is 1. The van der Waals surface area contributed by atoms with Crippen molar-refractivity contribution < 1.29 is 19.1 Å². The van der Waals surface area contributed by atoms with E-state index in [0.29, 0.717) is 12.0 Å². The number of H-pyrrole nitrogens is 1.